The van der Waals surface area contributed by atoms with Crippen molar-refractivity contribution in [3.8, 4) is 0 Å². The Bertz CT molecular complexity index is 608. The zero-order valence-electron chi connectivity index (χ0n) is 12.7. The van der Waals surface area contributed by atoms with Crippen LogP contribution in [0.25, 0.3) is 0 Å². The summed E-state index contributed by atoms with van der Waals surface area (Å²) in [4.78, 5) is 14.0. The van der Waals surface area contributed by atoms with Crippen molar-refractivity contribution in [1.29, 1.82) is 0 Å². The second-order valence-corrected chi connectivity index (χ2v) is 7.92. The molecule has 1 amide bonds. The van der Waals surface area contributed by atoms with Crippen molar-refractivity contribution >= 4 is 27.5 Å². The maximum absolute atomic E-state index is 12.3. The molecule has 0 saturated carbocycles. The van der Waals surface area contributed by atoms with Crippen molar-refractivity contribution in [2.24, 2.45) is 0 Å². The van der Waals surface area contributed by atoms with E-state index in [2.05, 4.69) is 0 Å². The van der Waals surface area contributed by atoms with Crippen molar-refractivity contribution in [3.05, 3.63) is 34.9 Å². The number of hydrogen-bond acceptors (Lipinski definition) is 3. The summed E-state index contributed by atoms with van der Waals surface area (Å²) in [6, 6.07) is 7.20. The highest BCUT2D eigenvalue weighted by Crippen LogP contribution is 2.13. The average Bonchev–Trinajstić information content (AvgIpc) is 2.49. The predicted molar refractivity (Wildman–Crippen MR) is 87.4 cm³/mol. The molecule has 0 unspecified atom stereocenters. The third-order valence-corrected chi connectivity index (χ3v) is 6.04. The largest absolute Gasteiger partial charge is 0.340 e. The molecule has 1 saturated heterocycles. The minimum absolute atomic E-state index is 0.0230. The van der Waals surface area contributed by atoms with Gasteiger partial charge in [0.05, 0.1) is 12.2 Å². The number of piperazine rings is 1. The molecule has 2 rings (SSSR count). The van der Waals surface area contributed by atoms with Crippen molar-refractivity contribution < 1.29 is 13.2 Å². The molecule has 1 aromatic rings. The molecule has 22 heavy (non-hydrogen) atoms. The van der Waals surface area contributed by atoms with E-state index < -0.39 is 10.0 Å². The van der Waals surface area contributed by atoms with Crippen LogP contribution in [-0.4, -0.2) is 55.5 Å². The van der Waals surface area contributed by atoms with Crippen LogP contribution in [0.4, 0.5) is 0 Å². The van der Waals surface area contributed by atoms with Crippen molar-refractivity contribution in [2.45, 2.75) is 19.8 Å². The quantitative estimate of drug-likeness (QED) is 0.818. The van der Waals surface area contributed by atoms with Gasteiger partial charge in [0.15, 0.2) is 0 Å². The highest BCUT2D eigenvalue weighted by Gasteiger charge is 2.27. The fraction of sp³-hybridized carbons (Fsp3) is 0.533. The highest BCUT2D eigenvalue weighted by atomic mass is 35.5. The third-order valence-electron chi connectivity index (χ3n) is 3.72. The van der Waals surface area contributed by atoms with Gasteiger partial charge in [-0.2, -0.15) is 4.31 Å². The summed E-state index contributed by atoms with van der Waals surface area (Å²) in [6.07, 6.45) is 0.928. The lowest BCUT2D eigenvalue weighted by Crippen LogP contribution is -2.51. The van der Waals surface area contributed by atoms with Crippen LogP contribution in [0.5, 0.6) is 0 Å². The smallest absolute Gasteiger partial charge is 0.227 e. The van der Waals surface area contributed by atoms with E-state index in [0.29, 0.717) is 44.0 Å². The molecule has 0 aromatic heterocycles. The van der Waals surface area contributed by atoms with Gasteiger partial charge in [-0.25, -0.2) is 8.42 Å². The number of halogens is 1. The number of hydrogen-bond donors (Lipinski definition) is 0. The summed E-state index contributed by atoms with van der Waals surface area (Å²) in [5.41, 5.74) is 0.912. The Balaban J connectivity index is 1.88. The van der Waals surface area contributed by atoms with E-state index in [1.165, 1.54) is 4.31 Å². The minimum atomic E-state index is -3.17. The predicted octanol–water partition coefficient (Wildman–Crippen LogP) is 1.77. The number of sulfonamides is 1. The van der Waals surface area contributed by atoms with E-state index in [1.807, 2.05) is 19.1 Å². The number of amides is 1. The van der Waals surface area contributed by atoms with Crippen LogP contribution < -0.4 is 0 Å². The van der Waals surface area contributed by atoms with Gasteiger partial charge >= 0.3 is 0 Å². The molecule has 7 heteroatoms. The van der Waals surface area contributed by atoms with Gasteiger partial charge in [0.25, 0.3) is 0 Å². The van der Waals surface area contributed by atoms with Gasteiger partial charge in [-0.3, -0.25) is 4.79 Å². The first-order valence-electron chi connectivity index (χ1n) is 7.42. The van der Waals surface area contributed by atoms with E-state index in [0.717, 1.165) is 5.56 Å². The number of carbonyl (C=O) groups is 1. The Morgan fingerprint density at radius 3 is 2.27 bits per heavy atom. The lowest BCUT2D eigenvalue weighted by molar-refractivity contribution is -0.131. The Hall–Kier alpha value is -1.11. The molecule has 1 heterocycles. The second-order valence-electron chi connectivity index (χ2n) is 5.40. The van der Waals surface area contributed by atoms with Gasteiger partial charge in [-0.15, -0.1) is 0 Å². The molecule has 122 valence electrons. The van der Waals surface area contributed by atoms with Gasteiger partial charge in [-0.1, -0.05) is 30.7 Å². The van der Waals surface area contributed by atoms with Crippen LogP contribution in [0.1, 0.15) is 18.9 Å². The van der Waals surface area contributed by atoms with Gasteiger partial charge in [-0.05, 0) is 24.1 Å². The first kappa shape index (κ1) is 17.2. The molecule has 0 aliphatic carbocycles. The molecule has 0 radical (unpaired) electrons. The first-order valence-corrected chi connectivity index (χ1v) is 9.41. The first-order chi connectivity index (χ1) is 10.4. The lowest BCUT2D eigenvalue weighted by Gasteiger charge is -2.34. The lowest BCUT2D eigenvalue weighted by atomic mass is 10.1. The highest BCUT2D eigenvalue weighted by molar-refractivity contribution is 7.89. The Labute approximate surface area is 136 Å². The molecule has 0 bridgehead atoms. The molecule has 0 N–H and O–H groups in total. The van der Waals surface area contributed by atoms with Gasteiger partial charge in [0.2, 0.25) is 15.9 Å². The van der Waals surface area contributed by atoms with Crippen LogP contribution in [0.15, 0.2) is 24.3 Å². The summed E-state index contributed by atoms with van der Waals surface area (Å²) >= 11 is 5.82. The minimum Gasteiger partial charge on any atom is -0.340 e. The van der Waals surface area contributed by atoms with E-state index >= 15 is 0 Å². The fourth-order valence-electron chi connectivity index (χ4n) is 2.49. The maximum Gasteiger partial charge on any atom is 0.227 e. The maximum atomic E-state index is 12.3. The summed E-state index contributed by atoms with van der Waals surface area (Å²) in [6.45, 7) is 3.53. The average molecular weight is 345 g/mol. The summed E-state index contributed by atoms with van der Waals surface area (Å²) in [5, 5.41) is 0.644. The number of benzene rings is 1. The number of nitrogens with zero attached hydrogens (tertiary/aromatic N) is 2. The number of rotatable bonds is 5. The summed E-state index contributed by atoms with van der Waals surface area (Å²) < 4.78 is 25.5. The molecule has 1 fully saturated rings. The molecule has 1 aliphatic rings. The van der Waals surface area contributed by atoms with E-state index in [-0.39, 0.29) is 11.7 Å². The molecular formula is C15H21ClN2O3S. The van der Waals surface area contributed by atoms with E-state index in [1.54, 1.807) is 17.0 Å². The normalized spacial score (nSPS) is 16.7. The number of carbonyl (C=O) groups excluding carboxylic acids is 1. The van der Waals surface area contributed by atoms with Gasteiger partial charge in [0.1, 0.15) is 0 Å². The van der Waals surface area contributed by atoms with Crippen molar-refractivity contribution in [1.82, 2.24) is 9.21 Å². The van der Waals surface area contributed by atoms with E-state index in [9.17, 15) is 13.2 Å². The molecule has 5 nitrogen and oxygen atoms in total. The molecule has 0 spiro atoms. The van der Waals surface area contributed by atoms with Crippen LogP contribution in [0.2, 0.25) is 5.02 Å². The molecule has 1 aromatic carbocycles. The Kier molecular flexibility index (Phi) is 5.83. The van der Waals surface area contributed by atoms with Gasteiger partial charge < -0.3 is 4.90 Å². The topological polar surface area (TPSA) is 57.7 Å². The second kappa shape index (κ2) is 7.44. The zero-order chi connectivity index (χ0) is 16.2. The Morgan fingerprint density at radius 1 is 1.14 bits per heavy atom. The summed E-state index contributed by atoms with van der Waals surface area (Å²) in [5.74, 6) is 0.195. The zero-order valence-corrected chi connectivity index (χ0v) is 14.2. The summed E-state index contributed by atoms with van der Waals surface area (Å²) in [7, 11) is -3.17. The van der Waals surface area contributed by atoms with Crippen LogP contribution in [-0.2, 0) is 21.2 Å². The standard InChI is InChI=1S/C15H21ClN2O3S/c1-2-11-22(20,21)18-9-7-17(8-10-18)15(19)12-13-3-5-14(16)6-4-13/h3-6H,2,7-12H2,1H3. The van der Waals surface area contributed by atoms with Crippen molar-refractivity contribution in [3.63, 3.8) is 0 Å². The molecule has 1 aliphatic heterocycles. The monoisotopic (exact) mass is 344 g/mol. The van der Waals surface area contributed by atoms with Crippen LogP contribution >= 0.6 is 11.6 Å². The fourth-order valence-corrected chi connectivity index (χ4v) is 4.11. The molecule has 0 atom stereocenters. The Morgan fingerprint density at radius 2 is 1.73 bits per heavy atom. The van der Waals surface area contributed by atoms with E-state index in [4.69, 9.17) is 11.6 Å². The van der Waals surface area contributed by atoms with Crippen LogP contribution in [0, 0.1) is 0 Å². The molecular weight excluding hydrogens is 324 g/mol. The van der Waals surface area contributed by atoms with Crippen molar-refractivity contribution in [2.75, 3.05) is 31.9 Å². The SMILES string of the molecule is CCCS(=O)(=O)N1CCN(C(=O)Cc2ccc(Cl)cc2)CC1. The van der Waals surface area contributed by atoms with Gasteiger partial charge in [0, 0.05) is 31.2 Å². The third kappa shape index (κ3) is 4.44. The van der Waals surface area contributed by atoms with Crippen LogP contribution in [0.3, 0.4) is 0 Å².